The average molecular weight is 441 g/mol. The molecule has 1 aliphatic heterocycles. The number of thioether (sulfide) groups is 1. The van der Waals surface area contributed by atoms with Gasteiger partial charge in [0.05, 0.1) is 37.0 Å². The van der Waals surface area contributed by atoms with Gasteiger partial charge in [0.25, 0.3) is 5.91 Å². The number of hydrogen-bond acceptors (Lipinski definition) is 6. The predicted octanol–water partition coefficient (Wildman–Crippen LogP) is 5.12. The van der Waals surface area contributed by atoms with E-state index >= 15 is 0 Å². The van der Waals surface area contributed by atoms with E-state index in [-0.39, 0.29) is 12.0 Å². The van der Waals surface area contributed by atoms with Crippen molar-refractivity contribution in [1.82, 2.24) is 4.90 Å². The fourth-order valence-corrected chi connectivity index (χ4v) is 3.96. The van der Waals surface area contributed by atoms with Gasteiger partial charge < -0.3 is 14.2 Å². The minimum Gasteiger partial charge on any atom is -0.493 e. The zero-order chi connectivity index (χ0) is 22.2. The Morgan fingerprint density at radius 1 is 1.13 bits per heavy atom. The van der Waals surface area contributed by atoms with Crippen LogP contribution < -0.4 is 9.47 Å². The normalized spacial score (nSPS) is 17.4. The van der Waals surface area contributed by atoms with Gasteiger partial charge in [0, 0.05) is 12.7 Å². The van der Waals surface area contributed by atoms with Crippen molar-refractivity contribution >= 4 is 34.6 Å². The molecule has 1 fully saturated rings. The van der Waals surface area contributed by atoms with Crippen molar-refractivity contribution in [1.29, 1.82) is 0 Å². The number of hydrogen-bond donors (Lipinski definition) is 0. The molecule has 0 aromatic heterocycles. The molecule has 0 spiro atoms. The highest BCUT2D eigenvalue weighted by Crippen LogP contribution is 2.38. The third kappa shape index (κ3) is 5.68. The van der Waals surface area contributed by atoms with Crippen LogP contribution in [0.3, 0.4) is 0 Å². The molecule has 1 heterocycles. The summed E-state index contributed by atoms with van der Waals surface area (Å²) in [4.78, 5) is 20.1. The minimum absolute atomic E-state index is 0.0220. The van der Waals surface area contributed by atoms with Gasteiger partial charge in [-0.25, -0.2) is 4.99 Å². The Morgan fingerprint density at radius 2 is 1.90 bits per heavy atom. The summed E-state index contributed by atoms with van der Waals surface area (Å²) in [5, 5.41) is 0.631. The molecular formula is C24H28N2O4S. The van der Waals surface area contributed by atoms with Gasteiger partial charge in [0.2, 0.25) is 0 Å². The van der Waals surface area contributed by atoms with Crippen LogP contribution in [0.4, 0.5) is 5.69 Å². The number of carbonyl (C=O) groups is 1. The molecule has 0 N–H and O–H groups in total. The van der Waals surface area contributed by atoms with Crippen molar-refractivity contribution in [2.24, 2.45) is 4.99 Å². The van der Waals surface area contributed by atoms with Crippen LogP contribution in [0.5, 0.6) is 11.5 Å². The Morgan fingerprint density at radius 3 is 2.58 bits per heavy atom. The summed E-state index contributed by atoms with van der Waals surface area (Å²) in [6.45, 7) is 4.93. The lowest BCUT2D eigenvalue weighted by Gasteiger charge is -2.18. The van der Waals surface area contributed by atoms with Crippen LogP contribution in [0.15, 0.2) is 58.4 Å². The second-order valence-electron chi connectivity index (χ2n) is 7.01. The molecular weight excluding hydrogens is 412 g/mol. The minimum atomic E-state index is -0.103. The Kier molecular flexibility index (Phi) is 8.14. The number of aliphatic imine (C=N–C) groups is 1. The number of ether oxygens (including phenoxy) is 3. The summed E-state index contributed by atoms with van der Waals surface area (Å²) in [5.41, 5.74) is 1.59. The SMILES string of the molecule is CCC(C)Oc1c(C=C2SC(=Nc3ccccc3)N(CCOC)C2=O)cccc1OC. The fraction of sp³-hybridized carbons (Fsp3) is 0.333. The third-order valence-corrected chi connectivity index (χ3v) is 5.80. The van der Waals surface area contributed by atoms with Gasteiger partial charge >= 0.3 is 0 Å². The monoisotopic (exact) mass is 440 g/mol. The molecule has 0 saturated carbocycles. The molecule has 1 aliphatic rings. The molecule has 1 unspecified atom stereocenters. The van der Waals surface area contributed by atoms with Crippen LogP contribution in [-0.2, 0) is 9.53 Å². The molecule has 2 aromatic carbocycles. The van der Waals surface area contributed by atoms with Crippen LogP contribution in [0.2, 0.25) is 0 Å². The quantitative estimate of drug-likeness (QED) is 0.506. The first-order valence-electron chi connectivity index (χ1n) is 10.2. The lowest BCUT2D eigenvalue weighted by Crippen LogP contribution is -2.32. The molecule has 1 saturated heterocycles. The molecule has 1 amide bonds. The van der Waals surface area contributed by atoms with Crippen LogP contribution in [0, 0.1) is 0 Å². The van der Waals surface area contributed by atoms with E-state index < -0.39 is 0 Å². The molecule has 0 aliphatic carbocycles. The van der Waals surface area contributed by atoms with Gasteiger partial charge in [-0.1, -0.05) is 37.3 Å². The van der Waals surface area contributed by atoms with Gasteiger partial charge in [0.1, 0.15) is 0 Å². The molecule has 1 atom stereocenters. The van der Waals surface area contributed by atoms with Crippen molar-refractivity contribution in [2.75, 3.05) is 27.4 Å². The number of carbonyl (C=O) groups excluding carboxylic acids is 1. The first-order valence-corrected chi connectivity index (χ1v) is 11.1. The van der Waals surface area contributed by atoms with Gasteiger partial charge in [-0.15, -0.1) is 0 Å². The topological polar surface area (TPSA) is 60.4 Å². The molecule has 0 radical (unpaired) electrons. The maximum absolute atomic E-state index is 13.2. The zero-order valence-corrected chi connectivity index (χ0v) is 19.1. The van der Waals surface area contributed by atoms with Crippen molar-refractivity contribution in [2.45, 2.75) is 26.4 Å². The van der Waals surface area contributed by atoms with Crippen molar-refractivity contribution < 1.29 is 19.0 Å². The average Bonchev–Trinajstić information content (AvgIpc) is 3.07. The van der Waals surface area contributed by atoms with Crippen molar-refractivity contribution in [3.8, 4) is 11.5 Å². The maximum atomic E-state index is 13.2. The van der Waals surface area contributed by atoms with Crippen LogP contribution in [0.1, 0.15) is 25.8 Å². The van der Waals surface area contributed by atoms with E-state index in [2.05, 4.69) is 11.9 Å². The highest BCUT2D eigenvalue weighted by atomic mass is 32.2. The second kappa shape index (κ2) is 11.0. The highest BCUT2D eigenvalue weighted by molar-refractivity contribution is 8.18. The number of amidine groups is 1. The lowest BCUT2D eigenvalue weighted by atomic mass is 10.1. The number of benzene rings is 2. The number of rotatable bonds is 9. The fourth-order valence-electron chi connectivity index (χ4n) is 2.94. The smallest absolute Gasteiger partial charge is 0.266 e. The standard InChI is InChI=1S/C24H28N2O4S/c1-5-17(2)30-22-18(10-9-13-20(22)29-4)16-21-23(27)26(14-15-28-3)24(31-21)25-19-11-7-6-8-12-19/h6-13,16-17H,5,14-15H2,1-4H3. The number of nitrogens with zero attached hydrogens (tertiary/aromatic N) is 2. The van der Waals surface area contributed by atoms with E-state index in [1.54, 1.807) is 19.1 Å². The molecule has 2 aromatic rings. The van der Waals surface area contributed by atoms with E-state index in [1.165, 1.54) is 11.8 Å². The number of amides is 1. The van der Waals surface area contributed by atoms with Gasteiger partial charge in [0.15, 0.2) is 16.7 Å². The van der Waals surface area contributed by atoms with E-state index in [1.807, 2.05) is 61.5 Å². The third-order valence-electron chi connectivity index (χ3n) is 4.80. The maximum Gasteiger partial charge on any atom is 0.266 e. The summed E-state index contributed by atoms with van der Waals surface area (Å²) in [7, 11) is 3.23. The van der Waals surface area contributed by atoms with Crippen LogP contribution in [0.25, 0.3) is 6.08 Å². The van der Waals surface area contributed by atoms with Crippen LogP contribution in [-0.4, -0.2) is 49.4 Å². The molecule has 31 heavy (non-hydrogen) atoms. The summed E-state index contributed by atoms with van der Waals surface area (Å²) in [5.74, 6) is 1.17. The highest BCUT2D eigenvalue weighted by Gasteiger charge is 2.33. The summed E-state index contributed by atoms with van der Waals surface area (Å²) in [6, 6.07) is 15.3. The van der Waals surface area contributed by atoms with Crippen molar-refractivity contribution in [3.05, 3.63) is 59.0 Å². The van der Waals surface area contributed by atoms with E-state index in [9.17, 15) is 4.79 Å². The first-order chi connectivity index (χ1) is 15.1. The van der Waals surface area contributed by atoms with Gasteiger partial charge in [-0.3, -0.25) is 9.69 Å². The number of para-hydroxylation sites is 2. The molecule has 3 rings (SSSR count). The largest absolute Gasteiger partial charge is 0.493 e. The second-order valence-corrected chi connectivity index (χ2v) is 8.01. The summed E-state index contributed by atoms with van der Waals surface area (Å²) in [6.07, 6.45) is 2.73. The summed E-state index contributed by atoms with van der Waals surface area (Å²) >= 11 is 1.35. The Balaban J connectivity index is 1.99. The van der Waals surface area contributed by atoms with E-state index in [0.717, 1.165) is 17.7 Å². The Hall–Kier alpha value is -2.77. The number of methoxy groups -OCH3 is 2. The first kappa shape index (κ1) is 22.9. The van der Waals surface area contributed by atoms with E-state index in [4.69, 9.17) is 14.2 Å². The molecule has 7 heteroatoms. The zero-order valence-electron chi connectivity index (χ0n) is 18.3. The molecule has 0 bridgehead atoms. The summed E-state index contributed by atoms with van der Waals surface area (Å²) < 4.78 is 16.8. The lowest BCUT2D eigenvalue weighted by molar-refractivity contribution is -0.122. The van der Waals surface area contributed by atoms with E-state index in [0.29, 0.717) is 34.7 Å². The Labute approximate surface area is 187 Å². The Bertz CT molecular complexity index is 959. The predicted molar refractivity (Wildman–Crippen MR) is 126 cm³/mol. The molecule has 6 nitrogen and oxygen atoms in total. The van der Waals surface area contributed by atoms with Crippen molar-refractivity contribution in [3.63, 3.8) is 0 Å². The molecule has 164 valence electrons. The van der Waals surface area contributed by atoms with Gasteiger partial charge in [-0.05, 0) is 49.4 Å². The van der Waals surface area contributed by atoms with Crippen LogP contribution >= 0.6 is 11.8 Å². The van der Waals surface area contributed by atoms with Gasteiger partial charge in [-0.2, -0.15) is 0 Å².